The van der Waals surface area contributed by atoms with Crippen LogP contribution in [0.5, 0.6) is 0 Å². The van der Waals surface area contributed by atoms with Crippen LogP contribution in [-0.2, 0) is 11.2 Å². The minimum atomic E-state index is -0.0267. The molecule has 0 saturated carbocycles. The van der Waals surface area contributed by atoms with Gasteiger partial charge >= 0.3 is 0 Å². The molecule has 0 amide bonds. The predicted molar refractivity (Wildman–Crippen MR) is 77.7 cm³/mol. The van der Waals surface area contributed by atoms with Crippen molar-refractivity contribution in [2.75, 3.05) is 30.9 Å². The van der Waals surface area contributed by atoms with Crippen molar-refractivity contribution >= 4 is 11.6 Å². The molecule has 1 aromatic rings. The number of hydrogen-bond donors (Lipinski definition) is 2. The van der Waals surface area contributed by atoms with E-state index in [4.69, 9.17) is 4.74 Å². The minimum absolute atomic E-state index is 0.0267. The van der Waals surface area contributed by atoms with Crippen molar-refractivity contribution in [3.05, 3.63) is 11.9 Å². The van der Waals surface area contributed by atoms with Crippen LogP contribution < -0.4 is 10.6 Å². The van der Waals surface area contributed by atoms with E-state index in [0.29, 0.717) is 0 Å². The Morgan fingerprint density at radius 3 is 2.79 bits per heavy atom. The van der Waals surface area contributed by atoms with E-state index in [9.17, 15) is 0 Å². The molecule has 5 nitrogen and oxygen atoms in total. The summed E-state index contributed by atoms with van der Waals surface area (Å²) in [7, 11) is 1.88. The fourth-order valence-corrected chi connectivity index (χ4v) is 2.37. The first-order valence-electron chi connectivity index (χ1n) is 7.07. The molecule has 0 spiro atoms. The van der Waals surface area contributed by atoms with Gasteiger partial charge in [0, 0.05) is 26.1 Å². The summed E-state index contributed by atoms with van der Waals surface area (Å²) in [6.45, 7) is 5.92. The largest absolute Gasteiger partial charge is 0.379 e. The van der Waals surface area contributed by atoms with Gasteiger partial charge in [0.2, 0.25) is 0 Å². The number of ether oxygens (including phenoxy) is 1. The van der Waals surface area contributed by atoms with E-state index in [1.807, 2.05) is 13.1 Å². The molecule has 1 aliphatic rings. The number of aryl methyl sites for hydroxylation is 1. The minimum Gasteiger partial charge on any atom is -0.379 e. The lowest BCUT2D eigenvalue weighted by molar-refractivity contribution is 0.0539. The Morgan fingerprint density at radius 1 is 1.37 bits per heavy atom. The van der Waals surface area contributed by atoms with Crippen LogP contribution in [0.1, 0.15) is 38.9 Å². The van der Waals surface area contributed by atoms with E-state index in [0.717, 1.165) is 56.4 Å². The van der Waals surface area contributed by atoms with Gasteiger partial charge in [-0.1, -0.05) is 6.92 Å². The summed E-state index contributed by atoms with van der Waals surface area (Å²) in [4.78, 5) is 9.06. The molecule has 0 aliphatic carbocycles. The lowest BCUT2D eigenvalue weighted by Crippen LogP contribution is -2.43. The molecular formula is C14H24N4O. The van der Waals surface area contributed by atoms with E-state index in [-0.39, 0.29) is 5.54 Å². The molecule has 2 N–H and O–H groups in total. The molecule has 1 aliphatic heterocycles. The molecule has 2 rings (SSSR count). The molecule has 2 heterocycles. The van der Waals surface area contributed by atoms with Crippen molar-refractivity contribution < 1.29 is 4.74 Å². The smallest absolute Gasteiger partial charge is 0.133 e. The normalized spacial score (nSPS) is 23.1. The van der Waals surface area contributed by atoms with Gasteiger partial charge in [0.15, 0.2) is 0 Å². The van der Waals surface area contributed by atoms with Crippen LogP contribution in [0.2, 0.25) is 0 Å². The zero-order valence-electron chi connectivity index (χ0n) is 12.1. The van der Waals surface area contributed by atoms with E-state index >= 15 is 0 Å². The second kappa shape index (κ2) is 6.19. The van der Waals surface area contributed by atoms with Crippen LogP contribution in [0.4, 0.5) is 11.6 Å². The first-order chi connectivity index (χ1) is 9.15. The quantitative estimate of drug-likeness (QED) is 0.855. The number of nitrogens with zero attached hydrogens (tertiary/aromatic N) is 2. The first kappa shape index (κ1) is 14.1. The highest BCUT2D eigenvalue weighted by Crippen LogP contribution is 2.24. The van der Waals surface area contributed by atoms with E-state index in [2.05, 4.69) is 34.4 Å². The molecule has 19 heavy (non-hydrogen) atoms. The van der Waals surface area contributed by atoms with Crippen molar-refractivity contribution in [2.45, 2.75) is 45.1 Å². The van der Waals surface area contributed by atoms with Crippen molar-refractivity contribution in [3.63, 3.8) is 0 Å². The maximum absolute atomic E-state index is 5.57. The zero-order valence-corrected chi connectivity index (χ0v) is 12.1. The number of nitrogens with one attached hydrogen (secondary N) is 2. The third-order valence-corrected chi connectivity index (χ3v) is 3.37. The summed E-state index contributed by atoms with van der Waals surface area (Å²) in [5.41, 5.74) is -0.0267. The Labute approximate surface area is 115 Å². The molecular weight excluding hydrogens is 240 g/mol. The van der Waals surface area contributed by atoms with Gasteiger partial charge in [0.1, 0.15) is 17.5 Å². The summed E-state index contributed by atoms with van der Waals surface area (Å²) >= 11 is 0. The molecule has 0 bridgehead atoms. The van der Waals surface area contributed by atoms with Crippen molar-refractivity contribution in [1.29, 1.82) is 0 Å². The molecule has 1 aromatic heterocycles. The van der Waals surface area contributed by atoms with Gasteiger partial charge in [-0.05, 0) is 26.2 Å². The van der Waals surface area contributed by atoms with Crippen molar-refractivity contribution in [2.24, 2.45) is 0 Å². The van der Waals surface area contributed by atoms with Gasteiger partial charge in [-0.3, -0.25) is 0 Å². The van der Waals surface area contributed by atoms with E-state index < -0.39 is 0 Å². The third kappa shape index (κ3) is 3.80. The van der Waals surface area contributed by atoms with Gasteiger partial charge in [-0.2, -0.15) is 0 Å². The highest BCUT2D eigenvalue weighted by atomic mass is 16.5. The maximum atomic E-state index is 5.57. The van der Waals surface area contributed by atoms with Gasteiger partial charge < -0.3 is 15.4 Å². The number of hydrogen-bond acceptors (Lipinski definition) is 5. The highest BCUT2D eigenvalue weighted by Gasteiger charge is 2.27. The lowest BCUT2D eigenvalue weighted by Gasteiger charge is -2.34. The first-order valence-corrected chi connectivity index (χ1v) is 7.07. The average Bonchev–Trinajstić information content (AvgIpc) is 2.39. The molecule has 106 valence electrons. The molecule has 1 atom stereocenters. The Bertz CT molecular complexity index is 416. The molecule has 0 radical (unpaired) electrons. The van der Waals surface area contributed by atoms with Crippen LogP contribution in [-0.4, -0.2) is 35.8 Å². The number of anilines is 2. The maximum Gasteiger partial charge on any atom is 0.133 e. The van der Waals surface area contributed by atoms with E-state index in [1.54, 1.807) is 0 Å². The van der Waals surface area contributed by atoms with Crippen molar-refractivity contribution in [1.82, 2.24) is 9.97 Å². The van der Waals surface area contributed by atoms with Crippen LogP contribution >= 0.6 is 0 Å². The third-order valence-electron chi connectivity index (χ3n) is 3.37. The van der Waals surface area contributed by atoms with E-state index in [1.165, 1.54) is 0 Å². The van der Waals surface area contributed by atoms with Crippen molar-refractivity contribution in [3.8, 4) is 0 Å². The average molecular weight is 264 g/mol. The molecule has 1 saturated heterocycles. The Kier molecular flexibility index (Phi) is 4.58. The lowest BCUT2D eigenvalue weighted by atomic mass is 9.95. The molecule has 1 unspecified atom stereocenters. The summed E-state index contributed by atoms with van der Waals surface area (Å²) in [5.74, 6) is 2.63. The van der Waals surface area contributed by atoms with Crippen LogP contribution in [0, 0.1) is 0 Å². The standard InChI is InChI=1S/C14H24N4O/c1-4-6-11-16-12(15-3)9-13(17-11)18-14(2)7-5-8-19-10-14/h9H,4-8,10H2,1-3H3,(H2,15,16,17,18). The van der Waals surface area contributed by atoms with Crippen LogP contribution in [0.3, 0.4) is 0 Å². The Morgan fingerprint density at radius 2 is 2.16 bits per heavy atom. The summed E-state index contributed by atoms with van der Waals surface area (Å²) in [5, 5.41) is 6.61. The van der Waals surface area contributed by atoms with Gasteiger partial charge in [0.25, 0.3) is 0 Å². The van der Waals surface area contributed by atoms with Gasteiger partial charge in [-0.25, -0.2) is 9.97 Å². The number of aromatic nitrogens is 2. The van der Waals surface area contributed by atoms with Gasteiger partial charge in [-0.15, -0.1) is 0 Å². The topological polar surface area (TPSA) is 59.1 Å². The summed E-state index contributed by atoms with van der Waals surface area (Å²) in [6, 6.07) is 1.96. The Hall–Kier alpha value is -1.36. The second-order valence-corrected chi connectivity index (χ2v) is 5.40. The van der Waals surface area contributed by atoms with Gasteiger partial charge in [0.05, 0.1) is 12.1 Å². The number of rotatable bonds is 5. The molecule has 1 fully saturated rings. The van der Waals surface area contributed by atoms with Crippen LogP contribution in [0.15, 0.2) is 6.07 Å². The zero-order chi connectivity index (χ0) is 13.7. The Balaban J connectivity index is 2.16. The summed E-state index contributed by atoms with van der Waals surface area (Å²) < 4.78 is 5.57. The summed E-state index contributed by atoms with van der Waals surface area (Å²) in [6.07, 6.45) is 4.15. The van der Waals surface area contributed by atoms with Crippen LogP contribution in [0.25, 0.3) is 0 Å². The SMILES string of the molecule is CCCc1nc(NC)cc(NC2(C)CCCOC2)n1. The predicted octanol–water partition coefficient (Wildman–Crippen LogP) is 2.45. The monoisotopic (exact) mass is 264 g/mol. The second-order valence-electron chi connectivity index (χ2n) is 5.40. The highest BCUT2D eigenvalue weighted by molar-refractivity contribution is 5.48. The fourth-order valence-electron chi connectivity index (χ4n) is 2.37. The molecule has 0 aromatic carbocycles. The fraction of sp³-hybridized carbons (Fsp3) is 0.714. The molecule has 5 heteroatoms.